The van der Waals surface area contributed by atoms with Crippen molar-refractivity contribution in [3.63, 3.8) is 0 Å². The molecule has 0 saturated heterocycles. The van der Waals surface area contributed by atoms with Crippen LogP contribution in [-0.4, -0.2) is 10.1 Å². The van der Waals surface area contributed by atoms with Crippen molar-refractivity contribution >= 4 is 21.6 Å². The molecule has 21 heavy (non-hydrogen) atoms. The van der Waals surface area contributed by atoms with Gasteiger partial charge in [0.2, 0.25) is 0 Å². The van der Waals surface area contributed by atoms with Crippen molar-refractivity contribution in [1.29, 1.82) is 0 Å². The number of aromatic nitrogens is 1. The molecule has 3 rings (SSSR count). The van der Waals surface area contributed by atoms with Gasteiger partial charge in [-0.05, 0) is 30.7 Å². The summed E-state index contributed by atoms with van der Waals surface area (Å²) in [5.41, 5.74) is 1.28. The van der Waals surface area contributed by atoms with Gasteiger partial charge in [0, 0.05) is 18.1 Å². The zero-order valence-electron chi connectivity index (χ0n) is 11.3. The first kappa shape index (κ1) is 14.1. The second-order valence-corrected chi connectivity index (χ2v) is 6.03. The van der Waals surface area contributed by atoms with Crippen molar-refractivity contribution in [2.75, 3.05) is 0 Å². The first-order chi connectivity index (χ1) is 10.0. The lowest BCUT2D eigenvalue weighted by molar-refractivity contribution is 0.173. The lowest BCUT2D eigenvalue weighted by atomic mass is 10.0. The number of rotatable bonds is 3. The van der Waals surface area contributed by atoms with Gasteiger partial charge in [-0.15, -0.1) is 11.3 Å². The Morgan fingerprint density at radius 3 is 2.71 bits per heavy atom. The largest absolute Gasteiger partial charge is 0.388 e. The minimum Gasteiger partial charge on any atom is -0.388 e. The number of hydrogen-bond donors (Lipinski definition) is 1. The van der Waals surface area contributed by atoms with E-state index in [0.29, 0.717) is 5.56 Å². The third-order valence-electron chi connectivity index (χ3n) is 3.34. The van der Waals surface area contributed by atoms with E-state index in [9.17, 15) is 13.9 Å². The maximum Gasteiger partial charge on any atom is 0.131 e. The Kier molecular flexibility index (Phi) is 3.69. The molecule has 1 N–H and O–H groups in total. The SMILES string of the molecule is Cc1cc(C(O)Cc2nc3ccccc3s2)c(F)cc1F. The molecule has 1 heterocycles. The van der Waals surface area contributed by atoms with E-state index in [4.69, 9.17) is 0 Å². The molecule has 3 aromatic rings. The Labute approximate surface area is 124 Å². The van der Waals surface area contributed by atoms with Gasteiger partial charge < -0.3 is 5.11 Å². The van der Waals surface area contributed by atoms with Gasteiger partial charge in [-0.25, -0.2) is 13.8 Å². The third kappa shape index (κ3) is 2.80. The summed E-state index contributed by atoms with van der Waals surface area (Å²) in [5.74, 6) is -1.34. The molecule has 1 aromatic heterocycles. The number of halogens is 2. The van der Waals surface area contributed by atoms with Crippen molar-refractivity contribution in [3.05, 3.63) is 64.2 Å². The maximum atomic E-state index is 13.8. The highest BCUT2D eigenvalue weighted by atomic mass is 32.1. The molecule has 1 atom stereocenters. The fourth-order valence-electron chi connectivity index (χ4n) is 2.22. The molecule has 0 saturated carbocycles. The highest BCUT2D eigenvalue weighted by Gasteiger charge is 2.17. The first-order valence-electron chi connectivity index (χ1n) is 6.52. The van der Waals surface area contributed by atoms with E-state index in [1.807, 2.05) is 24.3 Å². The van der Waals surface area contributed by atoms with Gasteiger partial charge in [0.25, 0.3) is 0 Å². The van der Waals surface area contributed by atoms with Crippen LogP contribution < -0.4 is 0 Å². The van der Waals surface area contributed by atoms with E-state index in [0.717, 1.165) is 21.3 Å². The van der Waals surface area contributed by atoms with E-state index in [1.54, 1.807) is 6.92 Å². The normalized spacial score (nSPS) is 12.8. The van der Waals surface area contributed by atoms with Gasteiger partial charge in [-0.2, -0.15) is 0 Å². The number of benzene rings is 2. The van der Waals surface area contributed by atoms with Crippen LogP contribution in [0.1, 0.15) is 22.2 Å². The molecule has 2 nitrogen and oxygen atoms in total. The molecule has 2 aromatic carbocycles. The fourth-order valence-corrected chi connectivity index (χ4v) is 3.22. The van der Waals surface area contributed by atoms with Crippen molar-refractivity contribution in [3.8, 4) is 0 Å². The second kappa shape index (κ2) is 5.50. The Balaban J connectivity index is 1.89. The summed E-state index contributed by atoms with van der Waals surface area (Å²) >= 11 is 1.47. The summed E-state index contributed by atoms with van der Waals surface area (Å²) in [6.07, 6.45) is -0.828. The van der Waals surface area contributed by atoms with Gasteiger partial charge in [0.1, 0.15) is 11.6 Å². The van der Waals surface area contributed by atoms with Crippen molar-refractivity contribution < 1.29 is 13.9 Å². The highest BCUT2D eigenvalue weighted by molar-refractivity contribution is 7.18. The number of aliphatic hydroxyl groups is 1. The lowest BCUT2D eigenvalue weighted by Gasteiger charge is -2.11. The number of nitrogens with zero attached hydrogens (tertiary/aromatic N) is 1. The number of fused-ring (bicyclic) bond motifs is 1. The zero-order valence-corrected chi connectivity index (χ0v) is 12.1. The van der Waals surface area contributed by atoms with Crippen molar-refractivity contribution in [2.45, 2.75) is 19.4 Å². The first-order valence-corrected chi connectivity index (χ1v) is 7.34. The van der Waals surface area contributed by atoms with Crippen LogP contribution in [-0.2, 0) is 6.42 Å². The summed E-state index contributed by atoms with van der Waals surface area (Å²) in [4.78, 5) is 4.41. The zero-order chi connectivity index (χ0) is 15.0. The molecule has 0 bridgehead atoms. The minimum absolute atomic E-state index is 0.105. The molecule has 0 aliphatic carbocycles. The number of hydrogen-bond acceptors (Lipinski definition) is 3. The quantitative estimate of drug-likeness (QED) is 0.788. The Hall–Kier alpha value is -1.85. The molecule has 0 radical (unpaired) electrons. The van der Waals surface area contributed by atoms with E-state index < -0.39 is 17.7 Å². The number of para-hydroxylation sites is 1. The van der Waals surface area contributed by atoms with Crippen LogP contribution in [0.15, 0.2) is 36.4 Å². The summed E-state index contributed by atoms with van der Waals surface area (Å²) in [6.45, 7) is 1.54. The van der Waals surface area contributed by atoms with Crippen molar-refractivity contribution in [1.82, 2.24) is 4.98 Å². The van der Waals surface area contributed by atoms with Crippen LogP contribution in [0.5, 0.6) is 0 Å². The second-order valence-electron chi connectivity index (χ2n) is 4.92. The summed E-state index contributed by atoms with van der Waals surface area (Å²) < 4.78 is 28.1. The van der Waals surface area contributed by atoms with Crippen LogP contribution in [0.3, 0.4) is 0 Å². The molecular weight excluding hydrogens is 292 g/mol. The maximum absolute atomic E-state index is 13.8. The summed E-state index contributed by atoms with van der Waals surface area (Å²) in [7, 11) is 0. The summed E-state index contributed by atoms with van der Waals surface area (Å²) in [5, 5.41) is 10.9. The van der Waals surface area contributed by atoms with Crippen LogP contribution in [0.4, 0.5) is 8.78 Å². The molecule has 1 unspecified atom stereocenters. The van der Waals surface area contributed by atoms with Crippen LogP contribution >= 0.6 is 11.3 Å². The number of thiazole rings is 1. The topological polar surface area (TPSA) is 33.1 Å². The average Bonchev–Trinajstić information content (AvgIpc) is 2.84. The minimum atomic E-state index is -1.04. The van der Waals surface area contributed by atoms with E-state index in [-0.39, 0.29) is 12.0 Å². The van der Waals surface area contributed by atoms with Crippen molar-refractivity contribution in [2.24, 2.45) is 0 Å². The van der Waals surface area contributed by atoms with Gasteiger partial charge in [-0.3, -0.25) is 0 Å². The van der Waals surface area contributed by atoms with Gasteiger partial charge in [0.05, 0.1) is 21.3 Å². The molecule has 0 aliphatic rings. The molecule has 0 amide bonds. The van der Waals surface area contributed by atoms with Gasteiger partial charge in [-0.1, -0.05) is 12.1 Å². The Morgan fingerprint density at radius 1 is 1.19 bits per heavy atom. The van der Waals surface area contributed by atoms with Crippen LogP contribution in [0.2, 0.25) is 0 Å². The van der Waals surface area contributed by atoms with E-state index >= 15 is 0 Å². The van der Waals surface area contributed by atoms with Gasteiger partial charge >= 0.3 is 0 Å². The van der Waals surface area contributed by atoms with E-state index in [1.165, 1.54) is 17.4 Å². The molecule has 5 heteroatoms. The third-order valence-corrected chi connectivity index (χ3v) is 4.40. The standard InChI is InChI=1S/C16H13F2NOS/c1-9-6-10(12(18)7-11(9)17)14(20)8-16-19-13-4-2-3-5-15(13)21-16/h2-7,14,20H,8H2,1H3. The predicted molar refractivity (Wildman–Crippen MR) is 79.4 cm³/mol. The van der Waals surface area contributed by atoms with Crippen LogP contribution in [0, 0.1) is 18.6 Å². The molecule has 0 fully saturated rings. The monoisotopic (exact) mass is 305 g/mol. The number of aryl methyl sites for hydroxylation is 1. The van der Waals surface area contributed by atoms with Crippen LogP contribution in [0.25, 0.3) is 10.2 Å². The van der Waals surface area contributed by atoms with Gasteiger partial charge in [0.15, 0.2) is 0 Å². The smallest absolute Gasteiger partial charge is 0.131 e. The van der Waals surface area contributed by atoms with E-state index in [2.05, 4.69) is 4.98 Å². The Morgan fingerprint density at radius 2 is 1.95 bits per heavy atom. The predicted octanol–water partition coefficient (Wildman–Crippen LogP) is 4.16. The highest BCUT2D eigenvalue weighted by Crippen LogP contribution is 2.28. The summed E-state index contributed by atoms with van der Waals surface area (Å²) in [6, 6.07) is 9.82. The fraction of sp³-hybridized carbons (Fsp3) is 0.188. The molecule has 0 aliphatic heterocycles. The average molecular weight is 305 g/mol. The lowest BCUT2D eigenvalue weighted by Crippen LogP contribution is -2.05. The Bertz CT molecular complexity index is 767. The molecular formula is C16H13F2NOS. The molecule has 0 spiro atoms. The molecule has 108 valence electrons. The number of aliphatic hydroxyl groups excluding tert-OH is 1.